The van der Waals surface area contributed by atoms with Gasteiger partial charge in [0.15, 0.2) is 5.79 Å². The van der Waals surface area contributed by atoms with Crippen molar-refractivity contribution in [1.82, 2.24) is 5.32 Å². The smallest absolute Gasteiger partial charge is 0.394 e. The Balaban J connectivity index is 3.00. The Bertz CT molecular complexity index is 485. The number of carbonyl (C=O) groups excluding carboxylic acids is 1. The van der Waals surface area contributed by atoms with Crippen LogP contribution in [0.25, 0.3) is 0 Å². The van der Waals surface area contributed by atoms with E-state index >= 15 is 0 Å². The molecule has 1 heterocycles. The first kappa shape index (κ1) is 21.4. The van der Waals surface area contributed by atoms with Crippen molar-refractivity contribution >= 4 is 13.7 Å². The number of aliphatic hydroxyl groups excluding tert-OH is 4. The summed E-state index contributed by atoms with van der Waals surface area (Å²) in [5.41, 5.74) is 0. The number of amides is 1. The number of hydrogen-bond acceptors (Lipinski definition) is 9. The predicted octanol–water partition coefficient (Wildman–Crippen LogP) is -3.85. The molecule has 1 rings (SSSR count). The van der Waals surface area contributed by atoms with E-state index in [0.717, 1.165) is 6.92 Å². The van der Waals surface area contributed by atoms with E-state index in [0.29, 0.717) is 0 Å². The monoisotopic (exact) mass is 375 g/mol. The van der Waals surface area contributed by atoms with Crippen LogP contribution in [0.15, 0.2) is 0 Å². The topological polar surface area (TPSA) is 206 Å². The number of phosphoric acid groups is 1. The Morgan fingerprint density at radius 1 is 1.46 bits per heavy atom. The van der Waals surface area contributed by atoms with Gasteiger partial charge in [0.1, 0.15) is 24.9 Å². The molecule has 1 fully saturated rings. The lowest BCUT2D eigenvalue weighted by Crippen LogP contribution is -2.66. The molecule has 0 aromatic heterocycles. The minimum atomic E-state index is -4.94. The summed E-state index contributed by atoms with van der Waals surface area (Å²) in [6, 6.07) is -1.26. The quantitative estimate of drug-likeness (QED) is 0.202. The summed E-state index contributed by atoms with van der Waals surface area (Å²) in [6.07, 6.45) is -7.24. The molecule has 6 atom stereocenters. The summed E-state index contributed by atoms with van der Waals surface area (Å²) in [4.78, 5) is 28.6. The summed E-state index contributed by atoms with van der Waals surface area (Å²) >= 11 is 0. The van der Waals surface area contributed by atoms with Crippen LogP contribution in [0, 0.1) is 0 Å². The Hall–Kier alpha value is -0.660. The SMILES string of the molecule is CC(=O)N[C@H]1[C@H]([C@H](O)[C@H](O)CO)O[C@](O)(COP(=O)(O)O)C[C@@H]1O. The Morgan fingerprint density at radius 3 is 2.50 bits per heavy atom. The van der Waals surface area contributed by atoms with Crippen LogP contribution in [0.5, 0.6) is 0 Å². The van der Waals surface area contributed by atoms with Crippen molar-refractivity contribution in [3.05, 3.63) is 0 Å². The summed E-state index contributed by atoms with van der Waals surface area (Å²) < 4.78 is 20.0. The lowest BCUT2D eigenvalue weighted by molar-refractivity contribution is -0.310. The Labute approximate surface area is 136 Å². The fraction of sp³-hybridized carbons (Fsp3) is 0.909. The molecule has 0 bridgehead atoms. The number of aliphatic hydroxyl groups is 5. The highest BCUT2D eigenvalue weighted by Crippen LogP contribution is 2.39. The first-order chi connectivity index (χ1) is 10.9. The van der Waals surface area contributed by atoms with Gasteiger partial charge in [-0.2, -0.15) is 0 Å². The van der Waals surface area contributed by atoms with Gasteiger partial charge >= 0.3 is 7.82 Å². The third kappa shape index (κ3) is 6.01. The molecule has 0 aromatic carbocycles. The third-order valence-electron chi connectivity index (χ3n) is 3.40. The van der Waals surface area contributed by atoms with Gasteiger partial charge in [-0.15, -0.1) is 0 Å². The van der Waals surface area contributed by atoms with Crippen molar-refractivity contribution in [3.63, 3.8) is 0 Å². The second kappa shape index (κ2) is 8.15. The number of ether oxygens (including phenoxy) is 1. The van der Waals surface area contributed by atoms with Gasteiger partial charge in [0, 0.05) is 13.3 Å². The standard InChI is InChI=1S/C11H22NO11P/c1-5(14)12-8-6(15)2-11(18,4-22-24(19,20)21)23-10(8)9(17)7(16)3-13/h6-10,13,15-18H,2-4H2,1H3,(H,12,14)(H2,19,20,21)/t6-,7+,8+,9+,10+,11-/m0/s1. The number of rotatable bonds is 7. The molecular weight excluding hydrogens is 353 g/mol. The first-order valence-electron chi connectivity index (χ1n) is 6.91. The average Bonchev–Trinajstić information content (AvgIpc) is 2.45. The van der Waals surface area contributed by atoms with Gasteiger partial charge in [-0.05, 0) is 0 Å². The molecule has 0 unspecified atom stereocenters. The highest BCUT2D eigenvalue weighted by atomic mass is 31.2. The maximum absolute atomic E-state index is 11.2. The lowest BCUT2D eigenvalue weighted by Gasteiger charge is -2.46. The van der Waals surface area contributed by atoms with Crippen LogP contribution in [0.4, 0.5) is 0 Å². The van der Waals surface area contributed by atoms with E-state index in [1.165, 1.54) is 0 Å². The van der Waals surface area contributed by atoms with Gasteiger partial charge in [-0.25, -0.2) is 4.57 Å². The van der Waals surface area contributed by atoms with Gasteiger partial charge in [-0.1, -0.05) is 0 Å². The van der Waals surface area contributed by atoms with Gasteiger partial charge in [0.2, 0.25) is 5.91 Å². The van der Waals surface area contributed by atoms with Gasteiger partial charge < -0.3 is 45.4 Å². The zero-order valence-electron chi connectivity index (χ0n) is 12.7. The molecule has 1 aliphatic rings. The Kier molecular flexibility index (Phi) is 7.26. The molecule has 1 saturated heterocycles. The molecule has 0 aliphatic carbocycles. The van der Waals surface area contributed by atoms with Crippen molar-refractivity contribution in [3.8, 4) is 0 Å². The van der Waals surface area contributed by atoms with Crippen LogP contribution in [0.2, 0.25) is 0 Å². The molecule has 0 spiro atoms. The van der Waals surface area contributed by atoms with E-state index in [9.17, 15) is 29.8 Å². The largest absolute Gasteiger partial charge is 0.469 e. The molecule has 24 heavy (non-hydrogen) atoms. The van der Waals surface area contributed by atoms with Gasteiger partial charge in [0.05, 0.1) is 18.8 Å². The summed E-state index contributed by atoms with van der Waals surface area (Å²) in [7, 11) is -4.94. The van der Waals surface area contributed by atoms with Gasteiger partial charge in [-0.3, -0.25) is 9.32 Å². The molecule has 0 aromatic rings. The Morgan fingerprint density at radius 2 is 2.04 bits per heavy atom. The van der Waals surface area contributed by atoms with Crippen molar-refractivity contribution in [2.75, 3.05) is 13.2 Å². The fourth-order valence-electron chi connectivity index (χ4n) is 2.35. The lowest BCUT2D eigenvalue weighted by atomic mass is 9.89. The predicted molar refractivity (Wildman–Crippen MR) is 75.1 cm³/mol. The van der Waals surface area contributed by atoms with Crippen LogP contribution in [-0.2, 0) is 18.6 Å². The van der Waals surface area contributed by atoms with Crippen molar-refractivity contribution in [2.45, 2.75) is 49.6 Å². The molecule has 8 N–H and O–H groups in total. The molecule has 0 radical (unpaired) electrons. The van der Waals surface area contributed by atoms with E-state index in [1.54, 1.807) is 0 Å². The van der Waals surface area contributed by atoms with Crippen LogP contribution in [0.3, 0.4) is 0 Å². The summed E-state index contributed by atoms with van der Waals surface area (Å²) in [5.74, 6) is -3.01. The van der Waals surface area contributed by atoms with E-state index in [-0.39, 0.29) is 0 Å². The van der Waals surface area contributed by atoms with Crippen molar-refractivity contribution in [2.24, 2.45) is 0 Å². The summed E-state index contributed by atoms with van der Waals surface area (Å²) in [6.45, 7) is -0.794. The number of nitrogens with one attached hydrogen (secondary N) is 1. The fourth-order valence-corrected chi connectivity index (χ4v) is 2.72. The maximum Gasteiger partial charge on any atom is 0.469 e. The number of carbonyl (C=O) groups is 1. The second-order valence-corrected chi connectivity index (χ2v) is 6.77. The molecule has 1 amide bonds. The van der Waals surface area contributed by atoms with Crippen molar-refractivity contribution in [1.29, 1.82) is 0 Å². The van der Waals surface area contributed by atoms with E-state index in [4.69, 9.17) is 19.6 Å². The first-order valence-corrected chi connectivity index (χ1v) is 8.44. The minimum Gasteiger partial charge on any atom is -0.394 e. The maximum atomic E-state index is 11.2. The minimum absolute atomic E-state index is 0.601. The van der Waals surface area contributed by atoms with Crippen LogP contribution >= 0.6 is 7.82 Å². The van der Waals surface area contributed by atoms with E-state index in [2.05, 4.69) is 9.84 Å². The normalized spacial score (nSPS) is 33.8. The highest BCUT2D eigenvalue weighted by molar-refractivity contribution is 7.46. The molecule has 13 heteroatoms. The van der Waals surface area contributed by atoms with E-state index < -0.39 is 69.6 Å². The zero-order valence-corrected chi connectivity index (χ0v) is 13.6. The van der Waals surface area contributed by atoms with Crippen LogP contribution in [-0.4, -0.2) is 90.7 Å². The molecule has 12 nitrogen and oxygen atoms in total. The second-order valence-electron chi connectivity index (χ2n) is 5.53. The van der Waals surface area contributed by atoms with Crippen molar-refractivity contribution < 1.29 is 53.9 Å². The highest BCUT2D eigenvalue weighted by Gasteiger charge is 2.50. The third-order valence-corrected chi connectivity index (χ3v) is 3.86. The average molecular weight is 375 g/mol. The van der Waals surface area contributed by atoms with E-state index in [1.807, 2.05) is 0 Å². The molecule has 1 aliphatic heterocycles. The van der Waals surface area contributed by atoms with Crippen LogP contribution in [0.1, 0.15) is 13.3 Å². The summed E-state index contributed by atoms with van der Waals surface area (Å²) in [5, 5.41) is 51.0. The number of phosphoric ester groups is 1. The van der Waals surface area contributed by atoms with Gasteiger partial charge in [0.25, 0.3) is 0 Å². The zero-order chi connectivity index (χ0) is 18.7. The molecular formula is C11H22NO11P. The number of hydrogen-bond donors (Lipinski definition) is 8. The molecule has 142 valence electrons. The molecule has 0 saturated carbocycles. The van der Waals surface area contributed by atoms with Crippen LogP contribution < -0.4 is 5.32 Å².